The third-order valence-corrected chi connectivity index (χ3v) is 4.94. The molecule has 0 aliphatic carbocycles. The van der Waals surface area contributed by atoms with Gasteiger partial charge in [-0.1, -0.05) is 22.9 Å². The van der Waals surface area contributed by atoms with Gasteiger partial charge in [-0.25, -0.2) is 0 Å². The number of amides is 1. The van der Waals surface area contributed by atoms with Crippen LogP contribution in [0.15, 0.2) is 16.6 Å². The van der Waals surface area contributed by atoms with E-state index in [0.29, 0.717) is 5.92 Å². The highest BCUT2D eigenvalue weighted by molar-refractivity contribution is 9.10. The van der Waals surface area contributed by atoms with Crippen molar-refractivity contribution >= 4 is 27.5 Å². The molecule has 1 fully saturated rings. The van der Waals surface area contributed by atoms with Gasteiger partial charge in [-0.2, -0.15) is 0 Å². The lowest BCUT2D eigenvalue weighted by atomic mass is 9.94. The molecule has 0 spiro atoms. The van der Waals surface area contributed by atoms with Crippen molar-refractivity contribution in [1.29, 1.82) is 0 Å². The first-order valence-corrected chi connectivity index (χ1v) is 7.57. The van der Waals surface area contributed by atoms with Crippen molar-refractivity contribution in [2.75, 3.05) is 11.9 Å². The summed E-state index contributed by atoms with van der Waals surface area (Å²) < 4.78 is 1.11. The van der Waals surface area contributed by atoms with Gasteiger partial charge in [-0.05, 0) is 62.4 Å². The lowest BCUT2D eigenvalue weighted by molar-refractivity contribution is -0.119. The molecule has 1 amide bonds. The van der Waals surface area contributed by atoms with E-state index < -0.39 is 0 Å². The molecule has 2 atom stereocenters. The first-order valence-electron chi connectivity index (χ1n) is 6.78. The highest BCUT2D eigenvalue weighted by atomic mass is 79.9. The number of aryl methyl sites for hydroxylation is 2. The Morgan fingerprint density at radius 3 is 2.58 bits per heavy atom. The van der Waals surface area contributed by atoms with E-state index in [9.17, 15) is 4.79 Å². The van der Waals surface area contributed by atoms with Crippen LogP contribution >= 0.6 is 15.9 Å². The third-order valence-electron chi connectivity index (χ3n) is 3.69. The van der Waals surface area contributed by atoms with Crippen LogP contribution in [-0.2, 0) is 4.79 Å². The Hall–Kier alpha value is -0.870. The maximum atomic E-state index is 12.2. The molecule has 104 valence electrons. The van der Waals surface area contributed by atoms with E-state index in [0.717, 1.165) is 40.7 Å². The lowest BCUT2D eigenvalue weighted by Crippen LogP contribution is -2.45. The quantitative estimate of drug-likeness (QED) is 0.875. The summed E-state index contributed by atoms with van der Waals surface area (Å²) in [5.41, 5.74) is 3.16. The smallest absolute Gasteiger partial charge is 0.241 e. The molecule has 4 heteroatoms. The van der Waals surface area contributed by atoms with Crippen molar-refractivity contribution in [1.82, 2.24) is 5.32 Å². The summed E-state index contributed by atoms with van der Waals surface area (Å²) >= 11 is 3.54. The Morgan fingerprint density at radius 1 is 1.37 bits per heavy atom. The van der Waals surface area contributed by atoms with Crippen LogP contribution in [0.2, 0.25) is 0 Å². The fraction of sp³-hybridized carbons (Fsp3) is 0.533. The summed E-state index contributed by atoms with van der Waals surface area (Å²) in [6.07, 6.45) is 2.07. The largest absolute Gasteiger partial charge is 0.325 e. The summed E-state index contributed by atoms with van der Waals surface area (Å²) in [4.78, 5) is 12.2. The highest BCUT2D eigenvalue weighted by Crippen LogP contribution is 2.25. The van der Waals surface area contributed by atoms with Gasteiger partial charge < -0.3 is 10.6 Å². The monoisotopic (exact) mass is 324 g/mol. The number of nitrogens with one attached hydrogen (secondary N) is 2. The molecular formula is C15H21BrN2O. The molecule has 0 saturated carbocycles. The molecule has 3 nitrogen and oxygen atoms in total. The van der Waals surface area contributed by atoms with E-state index in [1.807, 2.05) is 26.0 Å². The predicted octanol–water partition coefficient (Wildman–Crippen LogP) is 3.39. The van der Waals surface area contributed by atoms with Crippen LogP contribution in [0.5, 0.6) is 0 Å². The van der Waals surface area contributed by atoms with Gasteiger partial charge in [0.2, 0.25) is 5.91 Å². The molecule has 1 aromatic rings. The highest BCUT2D eigenvalue weighted by Gasteiger charge is 2.24. The number of rotatable bonds is 2. The molecule has 2 rings (SSSR count). The van der Waals surface area contributed by atoms with E-state index in [1.165, 1.54) is 0 Å². The van der Waals surface area contributed by atoms with Crippen LogP contribution in [0.4, 0.5) is 5.69 Å². The molecule has 1 aromatic carbocycles. The zero-order valence-corrected chi connectivity index (χ0v) is 13.3. The van der Waals surface area contributed by atoms with E-state index >= 15 is 0 Å². The Kier molecular flexibility index (Phi) is 4.63. The molecule has 2 N–H and O–H groups in total. The first-order chi connectivity index (χ1) is 8.97. The second-order valence-electron chi connectivity index (χ2n) is 5.55. The second kappa shape index (κ2) is 6.06. The van der Waals surface area contributed by atoms with Crippen LogP contribution in [0.3, 0.4) is 0 Å². The number of piperidine rings is 1. The fourth-order valence-corrected chi connectivity index (χ4v) is 2.78. The van der Waals surface area contributed by atoms with Crippen molar-refractivity contribution in [3.05, 3.63) is 27.7 Å². The maximum absolute atomic E-state index is 12.2. The van der Waals surface area contributed by atoms with Crippen LogP contribution in [-0.4, -0.2) is 18.5 Å². The average molecular weight is 325 g/mol. The standard InChI is InChI=1S/C15H21BrN2O/c1-9-4-5-17-13(6-9)15(19)18-12-7-10(2)14(16)11(3)8-12/h7-9,13,17H,4-6H2,1-3H3,(H,18,19). The summed E-state index contributed by atoms with van der Waals surface area (Å²) in [5, 5.41) is 6.31. The number of benzene rings is 1. The molecule has 1 saturated heterocycles. The summed E-state index contributed by atoms with van der Waals surface area (Å²) in [6.45, 7) is 7.20. The van der Waals surface area contributed by atoms with E-state index in [4.69, 9.17) is 0 Å². The van der Waals surface area contributed by atoms with Gasteiger partial charge in [0.1, 0.15) is 0 Å². The van der Waals surface area contributed by atoms with E-state index in [1.54, 1.807) is 0 Å². The van der Waals surface area contributed by atoms with Gasteiger partial charge in [0.15, 0.2) is 0 Å². The zero-order chi connectivity index (χ0) is 14.0. The molecule has 0 bridgehead atoms. The molecule has 1 heterocycles. The first kappa shape index (κ1) is 14.5. The lowest BCUT2D eigenvalue weighted by Gasteiger charge is -2.27. The molecule has 2 unspecified atom stereocenters. The van der Waals surface area contributed by atoms with Gasteiger partial charge in [0, 0.05) is 10.2 Å². The van der Waals surface area contributed by atoms with Crippen LogP contribution in [0, 0.1) is 19.8 Å². The molecule has 0 radical (unpaired) electrons. The van der Waals surface area contributed by atoms with Gasteiger partial charge in [-0.3, -0.25) is 4.79 Å². The van der Waals surface area contributed by atoms with E-state index in [2.05, 4.69) is 33.5 Å². The molecule has 19 heavy (non-hydrogen) atoms. The zero-order valence-electron chi connectivity index (χ0n) is 11.7. The summed E-state index contributed by atoms with van der Waals surface area (Å²) in [5.74, 6) is 0.693. The predicted molar refractivity (Wildman–Crippen MR) is 82.4 cm³/mol. The van der Waals surface area contributed by atoms with Crippen molar-refractivity contribution in [2.24, 2.45) is 5.92 Å². The minimum atomic E-state index is -0.0620. The van der Waals surface area contributed by atoms with Crippen molar-refractivity contribution in [3.63, 3.8) is 0 Å². The molecule has 1 aliphatic rings. The maximum Gasteiger partial charge on any atom is 0.241 e. The summed E-state index contributed by atoms with van der Waals surface area (Å²) in [7, 11) is 0. The molecular weight excluding hydrogens is 304 g/mol. The SMILES string of the molecule is Cc1cc(NC(=O)C2CC(C)CCN2)cc(C)c1Br. The second-order valence-corrected chi connectivity index (χ2v) is 6.34. The van der Waals surface area contributed by atoms with Gasteiger partial charge in [0.25, 0.3) is 0 Å². The van der Waals surface area contributed by atoms with Crippen LogP contribution in [0.1, 0.15) is 30.9 Å². The topological polar surface area (TPSA) is 41.1 Å². The van der Waals surface area contributed by atoms with Crippen molar-refractivity contribution in [2.45, 2.75) is 39.7 Å². The van der Waals surface area contributed by atoms with Gasteiger partial charge in [-0.15, -0.1) is 0 Å². The van der Waals surface area contributed by atoms with Crippen LogP contribution < -0.4 is 10.6 Å². The number of carbonyl (C=O) groups is 1. The number of halogens is 1. The Labute approximate surface area is 123 Å². The number of hydrogen-bond acceptors (Lipinski definition) is 2. The number of anilines is 1. The minimum Gasteiger partial charge on any atom is -0.325 e. The van der Waals surface area contributed by atoms with E-state index in [-0.39, 0.29) is 11.9 Å². The summed E-state index contributed by atoms with van der Waals surface area (Å²) in [6, 6.07) is 3.94. The van der Waals surface area contributed by atoms with Crippen LogP contribution in [0.25, 0.3) is 0 Å². The molecule has 0 aromatic heterocycles. The van der Waals surface area contributed by atoms with Crippen molar-refractivity contribution in [3.8, 4) is 0 Å². The van der Waals surface area contributed by atoms with Crippen molar-refractivity contribution < 1.29 is 4.79 Å². The number of hydrogen-bond donors (Lipinski definition) is 2. The normalized spacial score (nSPS) is 23.2. The van der Waals surface area contributed by atoms with Gasteiger partial charge >= 0.3 is 0 Å². The Balaban J connectivity index is 2.06. The fourth-order valence-electron chi connectivity index (χ4n) is 2.55. The Bertz CT molecular complexity index is 464. The molecule has 1 aliphatic heterocycles. The van der Waals surface area contributed by atoms with Gasteiger partial charge in [0.05, 0.1) is 6.04 Å². The Morgan fingerprint density at radius 2 is 2.00 bits per heavy atom. The number of carbonyl (C=O) groups excluding carboxylic acids is 1. The minimum absolute atomic E-state index is 0.0620. The third kappa shape index (κ3) is 3.57. The average Bonchev–Trinajstić information content (AvgIpc) is 2.36.